The van der Waals surface area contributed by atoms with Gasteiger partial charge in [-0.15, -0.1) is 0 Å². The minimum atomic E-state index is -0.00451. The van der Waals surface area contributed by atoms with Crippen molar-refractivity contribution in [3.8, 4) is 0 Å². The van der Waals surface area contributed by atoms with Crippen LogP contribution in [0.15, 0.2) is 42.5 Å². The van der Waals surface area contributed by atoms with E-state index < -0.39 is 0 Å². The van der Waals surface area contributed by atoms with Crippen molar-refractivity contribution in [2.45, 2.75) is 40.2 Å². The van der Waals surface area contributed by atoms with Crippen molar-refractivity contribution in [3.63, 3.8) is 0 Å². The van der Waals surface area contributed by atoms with Gasteiger partial charge in [-0.1, -0.05) is 36.8 Å². The number of anilines is 1. The van der Waals surface area contributed by atoms with Crippen LogP contribution in [0.5, 0.6) is 0 Å². The summed E-state index contributed by atoms with van der Waals surface area (Å²) in [5.41, 5.74) is 5.30. The summed E-state index contributed by atoms with van der Waals surface area (Å²) >= 11 is 0. The predicted molar refractivity (Wildman–Crippen MR) is 104 cm³/mol. The van der Waals surface area contributed by atoms with Crippen LogP contribution in [-0.2, 0) is 6.54 Å². The first-order chi connectivity index (χ1) is 12.0. The molecule has 1 fully saturated rings. The minimum absolute atomic E-state index is 0.00451. The maximum absolute atomic E-state index is 12.4. The molecule has 0 radical (unpaired) electrons. The van der Waals surface area contributed by atoms with Crippen molar-refractivity contribution in [1.82, 2.24) is 5.32 Å². The van der Waals surface area contributed by atoms with E-state index in [-0.39, 0.29) is 5.91 Å². The third-order valence-corrected chi connectivity index (χ3v) is 5.05. The topological polar surface area (TPSA) is 32.3 Å². The number of nitrogens with zero attached hydrogens (tertiary/aromatic N) is 1. The highest BCUT2D eigenvalue weighted by Gasteiger charge is 2.16. The molecule has 3 rings (SSSR count). The number of hydrogen-bond acceptors (Lipinski definition) is 2. The van der Waals surface area contributed by atoms with Crippen molar-refractivity contribution >= 4 is 11.6 Å². The second-order valence-corrected chi connectivity index (χ2v) is 7.36. The number of nitrogens with one attached hydrogen (secondary N) is 1. The van der Waals surface area contributed by atoms with E-state index in [2.05, 4.69) is 41.4 Å². The van der Waals surface area contributed by atoms with Gasteiger partial charge in [0.25, 0.3) is 5.91 Å². The van der Waals surface area contributed by atoms with Crippen LogP contribution >= 0.6 is 0 Å². The van der Waals surface area contributed by atoms with Crippen LogP contribution in [-0.4, -0.2) is 19.0 Å². The molecule has 25 heavy (non-hydrogen) atoms. The fourth-order valence-electron chi connectivity index (χ4n) is 3.51. The molecule has 0 aliphatic carbocycles. The first-order valence-electron chi connectivity index (χ1n) is 9.22. The van der Waals surface area contributed by atoms with Gasteiger partial charge in [0.1, 0.15) is 0 Å². The van der Waals surface area contributed by atoms with Crippen LogP contribution in [0.25, 0.3) is 0 Å². The lowest BCUT2D eigenvalue weighted by molar-refractivity contribution is 0.0950. The van der Waals surface area contributed by atoms with Crippen molar-refractivity contribution in [2.75, 3.05) is 18.0 Å². The number of carbonyl (C=O) groups is 1. The summed E-state index contributed by atoms with van der Waals surface area (Å²) < 4.78 is 0. The first-order valence-corrected chi connectivity index (χ1v) is 9.22. The Balaban J connectivity index is 1.60. The van der Waals surface area contributed by atoms with E-state index in [9.17, 15) is 4.79 Å². The monoisotopic (exact) mass is 336 g/mol. The fourth-order valence-corrected chi connectivity index (χ4v) is 3.51. The van der Waals surface area contributed by atoms with Gasteiger partial charge in [0.05, 0.1) is 0 Å². The van der Waals surface area contributed by atoms with E-state index in [0.29, 0.717) is 6.54 Å². The fraction of sp³-hybridized carbons (Fsp3) is 0.409. The van der Waals surface area contributed by atoms with Crippen molar-refractivity contribution in [2.24, 2.45) is 5.92 Å². The van der Waals surface area contributed by atoms with E-state index in [1.807, 2.05) is 32.0 Å². The highest BCUT2D eigenvalue weighted by molar-refractivity contribution is 5.95. The molecule has 0 aromatic heterocycles. The van der Waals surface area contributed by atoms with Gasteiger partial charge in [0, 0.05) is 30.9 Å². The molecule has 1 aliphatic heterocycles. The molecule has 0 saturated carbocycles. The molecule has 2 aromatic carbocycles. The van der Waals surface area contributed by atoms with Crippen molar-refractivity contribution in [1.29, 1.82) is 0 Å². The van der Waals surface area contributed by atoms with Gasteiger partial charge in [-0.05, 0) is 61.9 Å². The normalized spacial score (nSPS) is 17.4. The summed E-state index contributed by atoms with van der Waals surface area (Å²) in [6.45, 7) is 9.15. The number of amides is 1. The van der Waals surface area contributed by atoms with Crippen molar-refractivity contribution < 1.29 is 4.79 Å². The number of aryl methyl sites for hydroxylation is 2. The number of benzene rings is 2. The van der Waals surface area contributed by atoms with Gasteiger partial charge in [0.2, 0.25) is 0 Å². The van der Waals surface area contributed by atoms with Crippen LogP contribution in [0.4, 0.5) is 5.69 Å². The highest BCUT2D eigenvalue weighted by Crippen LogP contribution is 2.23. The molecule has 0 unspecified atom stereocenters. The molecule has 1 aliphatic rings. The van der Waals surface area contributed by atoms with Crippen LogP contribution in [0.1, 0.15) is 46.8 Å². The zero-order valence-electron chi connectivity index (χ0n) is 15.5. The molecular formula is C22H28N2O. The molecule has 0 bridgehead atoms. The lowest BCUT2D eigenvalue weighted by atomic mass is 9.99. The maximum Gasteiger partial charge on any atom is 0.251 e. The third kappa shape index (κ3) is 4.41. The summed E-state index contributed by atoms with van der Waals surface area (Å²) in [5, 5.41) is 3.04. The number of piperidine rings is 1. The maximum atomic E-state index is 12.4. The summed E-state index contributed by atoms with van der Waals surface area (Å²) in [6.07, 6.45) is 2.60. The van der Waals surface area contributed by atoms with E-state index in [4.69, 9.17) is 0 Å². The molecule has 3 heteroatoms. The van der Waals surface area contributed by atoms with Gasteiger partial charge in [0.15, 0.2) is 0 Å². The standard InChI is InChI=1S/C22H28N2O/c1-16-6-7-18(3)21(13-16)22(25)23-14-19-8-10-20(11-9-19)24-12-4-5-17(2)15-24/h6-11,13,17H,4-5,12,14-15H2,1-3H3,(H,23,25)/t17-/m0/s1. The average molecular weight is 336 g/mol. The molecule has 1 heterocycles. The van der Waals surface area contributed by atoms with Crippen LogP contribution in [0.3, 0.4) is 0 Å². The summed E-state index contributed by atoms with van der Waals surface area (Å²) in [4.78, 5) is 14.9. The van der Waals surface area contributed by atoms with E-state index in [1.165, 1.54) is 18.5 Å². The number of rotatable bonds is 4. The first kappa shape index (κ1) is 17.5. The van der Waals surface area contributed by atoms with Crippen molar-refractivity contribution in [3.05, 3.63) is 64.7 Å². The van der Waals surface area contributed by atoms with Gasteiger partial charge in [-0.25, -0.2) is 0 Å². The summed E-state index contributed by atoms with van der Waals surface area (Å²) in [7, 11) is 0. The summed E-state index contributed by atoms with van der Waals surface area (Å²) in [5.74, 6) is 0.764. The van der Waals surface area contributed by atoms with Gasteiger partial charge in [-0.3, -0.25) is 4.79 Å². The Morgan fingerprint density at radius 3 is 2.64 bits per heavy atom. The minimum Gasteiger partial charge on any atom is -0.371 e. The number of carbonyl (C=O) groups excluding carboxylic acids is 1. The SMILES string of the molecule is Cc1ccc(C)c(C(=O)NCc2ccc(N3CCC[C@H](C)C3)cc2)c1. The van der Waals surface area contributed by atoms with Crippen LogP contribution < -0.4 is 10.2 Å². The Morgan fingerprint density at radius 1 is 1.16 bits per heavy atom. The lowest BCUT2D eigenvalue weighted by Gasteiger charge is -2.32. The van der Waals surface area contributed by atoms with Crippen LogP contribution in [0, 0.1) is 19.8 Å². The Hall–Kier alpha value is -2.29. The Morgan fingerprint density at radius 2 is 1.92 bits per heavy atom. The second kappa shape index (κ2) is 7.73. The van der Waals surface area contributed by atoms with E-state index in [0.717, 1.165) is 41.3 Å². The molecule has 3 nitrogen and oxygen atoms in total. The highest BCUT2D eigenvalue weighted by atomic mass is 16.1. The van der Waals surface area contributed by atoms with E-state index >= 15 is 0 Å². The molecule has 1 amide bonds. The zero-order valence-corrected chi connectivity index (χ0v) is 15.5. The lowest BCUT2D eigenvalue weighted by Crippen LogP contribution is -2.34. The molecule has 132 valence electrons. The Kier molecular flexibility index (Phi) is 5.42. The largest absolute Gasteiger partial charge is 0.371 e. The van der Waals surface area contributed by atoms with Gasteiger partial charge >= 0.3 is 0 Å². The second-order valence-electron chi connectivity index (χ2n) is 7.36. The quantitative estimate of drug-likeness (QED) is 0.893. The number of hydrogen-bond donors (Lipinski definition) is 1. The third-order valence-electron chi connectivity index (χ3n) is 5.05. The van der Waals surface area contributed by atoms with E-state index in [1.54, 1.807) is 0 Å². The smallest absolute Gasteiger partial charge is 0.251 e. The molecule has 1 N–H and O–H groups in total. The molecule has 1 saturated heterocycles. The molecule has 2 aromatic rings. The predicted octanol–water partition coefficient (Wildman–Crippen LogP) is 4.47. The molecule has 0 spiro atoms. The van der Waals surface area contributed by atoms with Gasteiger partial charge in [-0.2, -0.15) is 0 Å². The molecule has 1 atom stereocenters. The molecular weight excluding hydrogens is 308 g/mol. The Bertz CT molecular complexity index is 736. The average Bonchev–Trinajstić information content (AvgIpc) is 2.62. The van der Waals surface area contributed by atoms with Gasteiger partial charge < -0.3 is 10.2 Å². The van der Waals surface area contributed by atoms with Crippen LogP contribution in [0.2, 0.25) is 0 Å². The zero-order chi connectivity index (χ0) is 17.8. The summed E-state index contributed by atoms with van der Waals surface area (Å²) in [6, 6.07) is 14.6. The Labute approximate surface area is 151 Å².